The second-order valence-electron chi connectivity index (χ2n) is 14.0. The van der Waals surface area contributed by atoms with Crippen LogP contribution in [0, 0.1) is 11.8 Å². The fourth-order valence-electron chi connectivity index (χ4n) is 8.24. The zero-order valence-electron chi connectivity index (χ0n) is 29.7. The number of likely N-dealkylation sites (N-methyl/N-ethyl adjacent to an activating group) is 1. The third-order valence-electron chi connectivity index (χ3n) is 10.7. The molecule has 9 N–H and O–H groups in total. The number of aliphatic hydroxyl groups is 3. The van der Waals surface area contributed by atoms with E-state index in [0.29, 0.717) is 11.4 Å². The van der Waals surface area contributed by atoms with Crippen molar-refractivity contribution >= 4 is 57.4 Å². The number of nitrogens with two attached hydrogens (primary N) is 1. The summed E-state index contributed by atoms with van der Waals surface area (Å²) in [6.45, 7) is 1.62. The van der Waals surface area contributed by atoms with Gasteiger partial charge in [0.15, 0.2) is 17.1 Å². The SMILES string of the molecule is CC1c2ccc(NC(=O)Nc3cccc4ccccc34)c(O)c2C(=O)C2=C(O)C3(O)C(=O)C(C(N)=O)=C(O)C(N(C)C)C3C(OC(=O)Nc3ccccc3)C21. The molecule has 3 aliphatic rings. The number of phenolic OH excluding ortho intramolecular Hbond substituents is 1. The van der Waals surface area contributed by atoms with Crippen LogP contribution in [0.3, 0.4) is 0 Å². The van der Waals surface area contributed by atoms with Crippen molar-refractivity contribution in [2.45, 2.75) is 30.6 Å². The smallest absolute Gasteiger partial charge is 0.411 e. The summed E-state index contributed by atoms with van der Waals surface area (Å²) in [5.41, 5.74) is 1.26. The molecular formula is C40H37N5O10. The number of hydrogen-bond donors (Lipinski definition) is 8. The Hall–Kier alpha value is -6.71. The number of urea groups is 1. The monoisotopic (exact) mass is 747 g/mol. The molecule has 0 bridgehead atoms. The number of Topliss-reactive ketones (excluding diaryl/α,β-unsaturated/α-hetero) is 2. The average molecular weight is 748 g/mol. The average Bonchev–Trinajstić information content (AvgIpc) is 3.14. The lowest BCUT2D eigenvalue weighted by Gasteiger charge is -2.54. The van der Waals surface area contributed by atoms with Gasteiger partial charge >= 0.3 is 12.1 Å². The number of carbonyl (C=O) groups excluding carboxylic acids is 5. The van der Waals surface area contributed by atoms with Crippen molar-refractivity contribution < 1.29 is 49.1 Å². The van der Waals surface area contributed by atoms with Crippen LogP contribution in [-0.2, 0) is 14.3 Å². The summed E-state index contributed by atoms with van der Waals surface area (Å²) in [5, 5.41) is 56.7. The fourth-order valence-corrected chi connectivity index (χ4v) is 8.24. The Labute approximate surface area is 313 Å². The van der Waals surface area contributed by atoms with Gasteiger partial charge in [0.1, 0.15) is 23.2 Å². The van der Waals surface area contributed by atoms with Crippen molar-refractivity contribution in [3.8, 4) is 5.75 Å². The highest BCUT2D eigenvalue weighted by Gasteiger charge is 2.68. The largest absolute Gasteiger partial charge is 0.510 e. The van der Waals surface area contributed by atoms with Crippen LogP contribution < -0.4 is 21.7 Å². The van der Waals surface area contributed by atoms with Gasteiger partial charge in [-0.25, -0.2) is 9.59 Å². The molecule has 6 atom stereocenters. The topological polar surface area (TPSA) is 241 Å². The van der Waals surface area contributed by atoms with Crippen molar-refractivity contribution in [2.75, 3.05) is 30.0 Å². The molecule has 0 spiro atoms. The molecule has 0 aromatic heterocycles. The minimum Gasteiger partial charge on any atom is -0.510 e. The normalized spacial score (nSPS) is 24.5. The number of rotatable bonds is 6. The third-order valence-corrected chi connectivity index (χ3v) is 10.7. The Bertz CT molecular complexity index is 2370. The van der Waals surface area contributed by atoms with Gasteiger partial charge in [0.2, 0.25) is 5.78 Å². The van der Waals surface area contributed by atoms with Gasteiger partial charge in [0, 0.05) is 22.6 Å². The summed E-state index contributed by atoms with van der Waals surface area (Å²) >= 11 is 0. The number of benzene rings is 4. The first-order chi connectivity index (χ1) is 26.2. The number of carbonyl (C=O) groups is 5. The van der Waals surface area contributed by atoms with Crippen LogP contribution in [-0.4, -0.2) is 86.8 Å². The number of nitrogens with zero attached hydrogens (tertiary/aromatic N) is 1. The van der Waals surface area contributed by atoms with Crippen LogP contribution in [0.5, 0.6) is 5.75 Å². The third kappa shape index (κ3) is 5.80. The van der Waals surface area contributed by atoms with Crippen LogP contribution >= 0.6 is 0 Å². The van der Waals surface area contributed by atoms with Gasteiger partial charge in [-0.1, -0.05) is 67.6 Å². The molecule has 0 saturated carbocycles. The molecule has 7 rings (SSSR count). The standard InChI is InChI=1S/C40H37N5O10/c1-18-21-16-17-24(44-38(52)43-23-15-9-11-19-10-7-8-14-22(19)23)31(46)26(21)32(47)27-25(18)34(55-39(53)42-20-12-5-4-6-13-20)29-30(45(2)3)33(48)28(37(41)51)36(50)40(29,54)35(27)49/h4-18,25,29-30,34,46,48-49,54H,1-3H3,(H2,41,51)(H,42,53)(H2,43,44,52). The number of ketones is 2. The minimum atomic E-state index is -3.13. The predicted octanol–water partition coefficient (Wildman–Crippen LogP) is 4.71. The maximum absolute atomic E-state index is 14.6. The van der Waals surface area contributed by atoms with Crippen molar-refractivity contribution in [1.82, 2.24) is 4.90 Å². The number of para-hydroxylation sites is 1. The molecule has 0 saturated heterocycles. The second-order valence-corrected chi connectivity index (χ2v) is 14.0. The summed E-state index contributed by atoms with van der Waals surface area (Å²) < 4.78 is 5.98. The number of aromatic hydroxyl groups is 1. The number of ether oxygens (including phenoxy) is 1. The zero-order valence-corrected chi connectivity index (χ0v) is 29.7. The van der Waals surface area contributed by atoms with E-state index >= 15 is 0 Å². The first kappa shape index (κ1) is 36.6. The molecule has 6 unspecified atom stereocenters. The van der Waals surface area contributed by atoms with E-state index < -0.39 is 93.5 Å². The highest BCUT2D eigenvalue weighted by molar-refractivity contribution is 6.25. The van der Waals surface area contributed by atoms with E-state index in [9.17, 15) is 44.4 Å². The molecule has 0 heterocycles. The van der Waals surface area contributed by atoms with Crippen molar-refractivity contribution in [2.24, 2.45) is 17.6 Å². The number of anilines is 3. The molecule has 0 aliphatic heterocycles. The highest BCUT2D eigenvalue weighted by Crippen LogP contribution is 2.57. The number of aliphatic hydroxyl groups excluding tert-OH is 2. The van der Waals surface area contributed by atoms with Gasteiger partial charge < -0.3 is 41.5 Å². The Morgan fingerprint density at radius 2 is 1.49 bits per heavy atom. The number of fused-ring (bicyclic) bond motifs is 4. The molecule has 0 radical (unpaired) electrons. The Kier molecular flexibility index (Phi) is 9.07. The van der Waals surface area contributed by atoms with E-state index in [1.165, 1.54) is 31.1 Å². The molecule has 15 heteroatoms. The van der Waals surface area contributed by atoms with Crippen molar-refractivity contribution in [3.63, 3.8) is 0 Å². The van der Waals surface area contributed by atoms with E-state index in [-0.39, 0.29) is 16.8 Å². The van der Waals surface area contributed by atoms with Crippen LogP contribution in [0.25, 0.3) is 10.8 Å². The molecule has 0 fully saturated rings. The minimum absolute atomic E-state index is 0.178. The number of nitrogens with one attached hydrogen (secondary N) is 3. The zero-order chi connectivity index (χ0) is 39.5. The van der Waals surface area contributed by atoms with E-state index in [1.54, 1.807) is 49.4 Å². The highest BCUT2D eigenvalue weighted by atomic mass is 16.6. The van der Waals surface area contributed by atoms with E-state index in [0.717, 1.165) is 10.8 Å². The van der Waals surface area contributed by atoms with E-state index in [4.69, 9.17) is 10.5 Å². The molecule has 4 aromatic carbocycles. The molecule has 282 valence electrons. The van der Waals surface area contributed by atoms with Gasteiger partial charge in [-0.2, -0.15) is 0 Å². The summed E-state index contributed by atoms with van der Waals surface area (Å²) in [5.74, 6) is -10.5. The molecule has 4 amide bonds. The van der Waals surface area contributed by atoms with Gasteiger partial charge in [-0.05, 0) is 55.2 Å². The second kappa shape index (κ2) is 13.6. The molecular weight excluding hydrogens is 710 g/mol. The Balaban J connectivity index is 1.33. The molecule has 55 heavy (non-hydrogen) atoms. The number of phenols is 1. The summed E-state index contributed by atoms with van der Waals surface area (Å²) in [4.78, 5) is 69.3. The van der Waals surface area contributed by atoms with Gasteiger partial charge in [-0.3, -0.25) is 24.6 Å². The van der Waals surface area contributed by atoms with Crippen molar-refractivity contribution in [3.05, 3.63) is 119 Å². The van der Waals surface area contributed by atoms with E-state index in [1.807, 2.05) is 30.3 Å². The molecule has 3 aliphatic carbocycles. The molecule has 4 aromatic rings. The summed E-state index contributed by atoms with van der Waals surface area (Å²) in [7, 11) is 2.92. The van der Waals surface area contributed by atoms with Gasteiger partial charge in [-0.15, -0.1) is 0 Å². The number of amides is 4. The van der Waals surface area contributed by atoms with Crippen molar-refractivity contribution in [1.29, 1.82) is 0 Å². The van der Waals surface area contributed by atoms with Crippen LogP contribution in [0.2, 0.25) is 0 Å². The van der Waals surface area contributed by atoms with Gasteiger partial charge in [0.05, 0.1) is 28.9 Å². The number of primary amides is 1. The Morgan fingerprint density at radius 3 is 2.18 bits per heavy atom. The maximum atomic E-state index is 14.6. The van der Waals surface area contributed by atoms with Crippen LogP contribution in [0.1, 0.15) is 28.8 Å². The van der Waals surface area contributed by atoms with Gasteiger partial charge in [0.25, 0.3) is 5.91 Å². The summed E-state index contributed by atoms with van der Waals surface area (Å²) in [6, 6.07) is 21.6. The predicted molar refractivity (Wildman–Crippen MR) is 201 cm³/mol. The maximum Gasteiger partial charge on any atom is 0.411 e. The summed E-state index contributed by atoms with van der Waals surface area (Å²) in [6.07, 6.45) is -2.69. The lowest BCUT2D eigenvalue weighted by molar-refractivity contribution is -0.162. The van der Waals surface area contributed by atoms with Crippen LogP contribution in [0.4, 0.5) is 26.7 Å². The first-order valence-corrected chi connectivity index (χ1v) is 17.3. The quantitative estimate of drug-likeness (QED) is 0.0993. The lowest BCUT2D eigenvalue weighted by Crippen LogP contribution is -2.69. The fraction of sp³-hybridized carbons (Fsp3) is 0.225. The van der Waals surface area contributed by atoms with E-state index in [2.05, 4.69) is 16.0 Å². The first-order valence-electron chi connectivity index (χ1n) is 17.3. The van der Waals surface area contributed by atoms with Crippen LogP contribution in [0.15, 0.2) is 108 Å². The Morgan fingerprint density at radius 1 is 0.836 bits per heavy atom. The lowest BCUT2D eigenvalue weighted by atomic mass is 9.55. The molecule has 15 nitrogen and oxygen atoms in total. The number of hydrogen-bond acceptors (Lipinski definition) is 11.